The van der Waals surface area contributed by atoms with Crippen LogP contribution in [0.3, 0.4) is 0 Å². The molecule has 1 fully saturated rings. The van der Waals surface area contributed by atoms with E-state index in [0.717, 1.165) is 11.0 Å². The normalized spacial score (nSPS) is 16.8. The highest BCUT2D eigenvalue weighted by Gasteiger charge is 2.22. The lowest BCUT2D eigenvalue weighted by molar-refractivity contribution is 0.812. The maximum Gasteiger partial charge on any atom is 0.182 e. The Labute approximate surface area is 70.7 Å². The maximum absolute atomic E-state index is 4.42. The van der Waals surface area contributed by atoms with E-state index in [1.54, 1.807) is 11.3 Å². The van der Waals surface area contributed by atoms with Crippen molar-refractivity contribution in [3.63, 3.8) is 0 Å². The highest BCUT2D eigenvalue weighted by molar-refractivity contribution is 7.13. The Bertz CT molecular complexity index is 240. The van der Waals surface area contributed by atoms with Gasteiger partial charge in [-0.15, -0.1) is 11.3 Å². The summed E-state index contributed by atoms with van der Waals surface area (Å²) >= 11 is 1.70. The van der Waals surface area contributed by atoms with E-state index in [2.05, 4.69) is 15.7 Å². The molecule has 0 unspecified atom stereocenters. The molecule has 1 aliphatic rings. The van der Waals surface area contributed by atoms with Crippen molar-refractivity contribution in [1.82, 2.24) is 4.98 Å². The molecule has 1 aromatic heterocycles. The minimum Gasteiger partial charge on any atom is -0.365 e. The summed E-state index contributed by atoms with van der Waals surface area (Å²) < 4.78 is 0. The predicted molar refractivity (Wildman–Crippen MR) is 48.1 cm³/mol. The Morgan fingerprint density at radius 1 is 1.73 bits per heavy atom. The second-order valence-corrected chi connectivity index (χ2v) is 3.90. The summed E-state index contributed by atoms with van der Waals surface area (Å²) in [6, 6.07) is 0. The molecular formula is C8H12N2S. The molecule has 1 aliphatic carbocycles. The molecule has 60 valence electrons. The van der Waals surface area contributed by atoms with E-state index < -0.39 is 0 Å². The van der Waals surface area contributed by atoms with Crippen LogP contribution in [0, 0.1) is 5.92 Å². The molecule has 3 heteroatoms. The largest absolute Gasteiger partial charge is 0.365 e. The number of thiazole rings is 1. The van der Waals surface area contributed by atoms with E-state index in [1.807, 2.05) is 7.05 Å². The third-order valence-corrected chi connectivity index (χ3v) is 2.87. The van der Waals surface area contributed by atoms with Gasteiger partial charge in [-0.25, -0.2) is 4.98 Å². The van der Waals surface area contributed by atoms with E-state index >= 15 is 0 Å². The first-order valence-electron chi connectivity index (χ1n) is 4.00. The zero-order valence-corrected chi connectivity index (χ0v) is 7.45. The van der Waals surface area contributed by atoms with E-state index in [4.69, 9.17) is 0 Å². The van der Waals surface area contributed by atoms with Crippen molar-refractivity contribution in [3.8, 4) is 0 Å². The molecule has 0 radical (unpaired) electrons. The van der Waals surface area contributed by atoms with Gasteiger partial charge in [0.25, 0.3) is 0 Å². The Kier molecular flexibility index (Phi) is 1.82. The summed E-state index contributed by atoms with van der Waals surface area (Å²) in [7, 11) is 1.92. The quantitative estimate of drug-likeness (QED) is 0.748. The summed E-state index contributed by atoms with van der Waals surface area (Å²) in [5.74, 6) is 0.946. The third-order valence-electron chi connectivity index (χ3n) is 1.96. The van der Waals surface area contributed by atoms with Crippen LogP contribution in [-0.4, -0.2) is 12.0 Å². The molecule has 1 aromatic rings. The van der Waals surface area contributed by atoms with Crippen LogP contribution in [-0.2, 0) is 6.42 Å². The monoisotopic (exact) mass is 168 g/mol. The Balaban J connectivity index is 1.99. The Morgan fingerprint density at radius 2 is 2.55 bits per heavy atom. The van der Waals surface area contributed by atoms with Crippen LogP contribution in [0.25, 0.3) is 0 Å². The van der Waals surface area contributed by atoms with Gasteiger partial charge in [0.05, 0.1) is 5.69 Å². The van der Waals surface area contributed by atoms with Gasteiger partial charge in [-0.05, 0) is 25.2 Å². The fourth-order valence-corrected chi connectivity index (χ4v) is 1.82. The van der Waals surface area contributed by atoms with Crippen LogP contribution in [0.15, 0.2) is 5.38 Å². The lowest BCUT2D eigenvalue weighted by atomic mass is 10.2. The first-order chi connectivity index (χ1) is 5.38. The van der Waals surface area contributed by atoms with Crippen LogP contribution >= 0.6 is 11.3 Å². The molecule has 1 saturated carbocycles. The van der Waals surface area contributed by atoms with Crippen LogP contribution < -0.4 is 5.32 Å². The zero-order valence-electron chi connectivity index (χ0n) is 6.63. The average molecular weight is 168 g/mol. The van der Waals surface area contributed by atoms with Crippen molar-refractivity contribution in [2.45, 2.75) is 19.3 Å². The van der Waals surface area contributed by atoms with E-state index in [0.29, 0.717) is 0 Å². The third kappa shape index (κ3) is 1.71. The summed E-state index contributed by atoms with van der Waals surface area (Å²) in [6.45, 7) is 0. The average Bonchev–Trinajstić information content (AvgIpc) is 2.68. The highest BCUT2D eigenvalue weighted by Crippen LogP contribution is 2.33. The number of anilines is 1. The molecule has 0 bridgehead atoms. The van der Waals surface area contributed by atoms with E-state index in [-0.39, 0.29) is 0 Å². The maximum atomic E-state index is 4.42. The molecule has 0 amide bonds. The number of nitrogens with zero attached hydrogens (tertiary/aromatic N) is 1. The van der Waals surface area contributed by atoms with Crippen molar-refractivity contribution in [2.24, 2.45) is 5.92 Å². The number of nitrogens with one attached hydrogen (secondary N) is 1. The summed E-state index contributed by atoms with van der Waals surface area (Å²) in [5, 5.41) is 6.25. The summed E-state index contributed by atoms with van der Waals surface area (Å²) in [4.78, 5) is 4.42. The van der Waals surface area contributed by atoms with Gasteiger partial charge < -0.3 is 5.32 Å². The van der Waals surface area contributed by atoms with E-state index in [9.17, 15) is 0 Å². The smallest absolute Gasteiger partial charge is 0.182 e. The van der Waals surface area contributed by atoms with Crippen molar-refractivity contribution >= 4 is 16.5 Å². The Morgan fingerprint density at radius 3 is 3.09 bits per heavy atom. The minimum absolute atomic E-state index is 0.946. The fraction of sp³-hybridized carbons (Fsp3) is 0.625. The first kappa shape index (κ1) is 7.10. The van der Waals surface area contributed by atoms with Crippen LogP contribution in [0.5, 0.6) is 0 Å². The van der Waals surface area contributed by atoms with Gasteiger partial charge in [0.15, 0.2) is 5.13 Å². The van der Waals surface area contributed by atoms with Crippen molar-refractivity contribution in [3.05, 3.63) is 11.1 Å². The topological polar surface area (TPSA) is 24.9 Å². The van der Waals surface area contributed by atoms with Crippen LogP contribution in [0.1, 0.15) is 18.5 Å². The minimum atomic E-state index is 0.946. The first-order valence-corrected chi connectivity index (χ1v) is 4.88. The molecular weight excluding hydrogens is 156 g/mol. The Hall–Kier alpha value is -0.570. The van der Waals surface area contributed by atoms with Crippen LogP contribution in [0.4, 0.5) is 5.13 Å². The summed E-state index contributed by atoms with van der Waals surface area (Å²) in [5.41, 5.74) is 1.27. The van der Waals surface area contributed by atoms with Gasteiger partial charge in [-0.3, -0.25) is 0 Å². The van der Waals surface area contributed by atoms with Gasteiger partial charge in [0.1, 0.15) is 0 Å². The fourth-order valence-electron chi connectivity index (χ4n) is 1.13. The molecule has 0 saturated heterocycles. The van der Waals surface area contributed by atoms with Gasteiger partial charge >= 0.3 is 0 Å². The van der Waals surface area contributed by atoms with Gasteiger partial charge in [0, 0.05) is 12.4 Å². The molecule has 0 atom stereocenters. The number of hydrogen-bond acceptors (Lipinski definition) is 3. The molecule has 2 nitrogen and oxygen atoms in total. The molecule has 1 N–H and O–H groups in total. The van der Waals surface area contributed by atoms with Gasteiger partial charge in [-0.1, -0.05) is 0 Å². The lowest BCUT2D eigenvalue weighted by Crippen LogP contribution is -1.89. The molecule has 0 aromatic carbocycles. The molecule has 2 rings (SSSR count). The van der Waals surface area contributed by atoms with E-state index in [1.165, 1.54) is 25.0 Å². The van der Waals surface area contributed by atoms with Crippen LogP contribution in [0.2, 0.25) is 0 Å². The lowest BCUT2D eigenvalue weighted by Gasteiger charge is -1.90. The SMILES string of the molecule is CNc1nc(CC2CC2)cs1. The summed E-state index contributed by atoms with van der Waals surface area (Å²) in [6.07, 6.45) is 4.01. The van der Waals surface area contributed by atoms with Crippen molar-refractivity contribution in [1.29, 1.82) is 0 Å². The zero-order chi connectivity index (χ0) is 7.68. The standard InChI is InChI=1S/C8H12N2S/c1-9-8-10-7(5-11-8)4-6-2-3-6/h5-6H,2-4H2,1H3,(H,9,10). The second kappa shape index (κ2) is 2.81. The van der Waals surface area contributed by atoms with Crippen molar-refractivity contribution in [2.75, 3.05) is 12.4 Å². The van der Waals surface area contributed by atoms with Gasteiger partial charge in [-0.2, -0.15) is 0 Å². The number of rotatable bonds is 3. The number of aromatic nitrogens is 1. The highest BCUT2D eigenvalue weighted by atomic mass is 32.1. The second-order valence-electron chi connectivity index (χ2n) is 3.04. The molecule has 1 heterocycles. The molecule has 0 spiro atoms. The molecule has 11 heavy (non-hydrogen) atoms. The van der Waals surface area contributed by atoms with Crippen molar-refractivity contribution < 1.29 is 0 Å². The van der Waals surface area contributed by atoms with Gasteiger partial charge in [0.2, 0.25) is 0 Å². The molecule has 0 aliphatic heterocycles. The number of hydrogen-bond donors (Lipinski definition) is 1. The predicted octanol–water partition coefficient (Wildman–Crippen LogP) is 2.14.